The minimum absolute atomic E-state index is 0.201. The van der Waals surface area contributed by atoms with E-state index in [1.807, 2.05) is 78.9 Å². The number of halogens is 3. The molecule has 35 heavy (non-hydrogen) atoms. The highest BCUT2D eigenvalue weighted by Gasteiger charge is 2.39. The van der Waals surface area contributed by atoms with Crippen LogP contribution in [0.3, 0.4) is 0 Å². The van der Waals surface area contributed by atoms with Crippen LogP contribution in [0.15, 0.2) is 103 Å². The van der Waals surface area contributed by atoms with Crippen LogP contribution in [0.5, 0.6) is 11.5 Å². The molecular weight excluding hydrogens is 453 g/mol. The van der Waals surface area contributed by atoms with Crippen molar-refractivity contribution in [1.82, 2.24) is 9.88 Å². The van der Waals surface area contributed by atoms with Crippen molar-refractivity contribution in [2.75, 3.05) is 6.54 Å². The first-order valence-corrected chi connectivity index (χ1v) is 11.2. The zero-order valence-electron chi connectivity index (χ0n) is 18.9. The molecule has 0 aliphatic heterocycles. The van der Waals surface area contributed by atoms with E-state index in [4.69, 9.17) is 4.74 Å². The molecule has 0 radical (unpaired) electrons. The Morgan fingerprint density at radius 1 is 0.771 bits per heavy atom. The number of aliphatic hydroxyl groups excluding tert-OH is 1. The lowest BCUT2D eigenvalue weighted by Crippen LogP contribution is -2.40. The normalized spacial score (nSPS) is 12.5. The average molecular weight is 479 g/mol. The number of ether oxygens (including phenoxy) is 1. The summed E-state index contributed by atoms with van der Waals surface area (Å²) in [6.45, 7) is -0.133. The van der Waals surface area contributed by atoms with Gasteiger partial charge in [-0.2, -0.15) is 13.2 Å². The fourth-order valence-electron chi connectivity index (χ4n) is 3.74. The Balaban J connectivity index is 1.54. The van der Waals surface area contributed by atoms with Crippen molar-refractivity contribution in [3.05, 3.63) is 114 Å². The Kier molecular flexibility index (Phi) is 7.80. The van der Waals surface area contributed by atoms with Crippen LogP contribution in [0.1, 0.15) is 11.1 Å². The van der Waals surface area contributed by atoms with Crippen LogP contribution in [0.4, 0.5) is 13.2 Å². The number of aromatic nitrogens is 1. The molecule has 3 aromatic carbocycles. The van der Waals surface area contributed by atoms with Crippen LogP contribution in [-0.4, -0.2) is 33.8 Å². The topological polar surface area (TPSA) is 45.6 Å². The number of hydrogen-bond acceptors (Lipinski definition) is 4. The van der Waals surface area contributed by atoms with Crippen LogP contribution in [0.25, 0.3) is 11.3 Å². The summed E-state index contributed by atoms with van der Waals surface area (Å²) in [5, 5.41) is 9.79. The van der Waals surface area contributed by atoms with Gasteiger partial charge in [0.2, 0.25) is 0 Å². The number of nitrogens with zero attached hydrogens (tertiary/aromatic N) is 2. The number of rotatable bonds is 9. The van der Waals surface area contributed by atoms with Crippen molar-refractivity contribution in [3.63, 3.8) is 0 Å². The quantitative estimate of drug-likeness (QED) is 0.300. The zero-order valence-corrected chi connectivity index (χ0v) is 18.9. The lowest BCUT2D eigenvalue weighted by molar-refractivity contribution is -0.208. The molecule has 4 aromatic rings. The number of para-hydroxylation sites is 1. The number of aliphatic hydroxyl groups is 1. The molecular formula is C28H25F3N2O2. The molecule has 0 bridgehead atoms. The van der Waals surface area contributed by atoms with Gasteiger partial charge in [0.1, 0.15) is 11.5 Å². The fourth-order valence-corrected chi connectivity index (χ4v) is 3.74. The third-order valence-corrected chi connectivity index (χ3v) is 5.39. The summed E-state index contributed by atoms with van der Waals surface area (Å²) in [5.41, 5.74) is 3.24. The SMILES string of the molecule is OC(CN(Cc1cccc(Oc2ccccc2)c1)Cc1cccc(-c2ccccn2)c1)C(F)(F)F. The highest BCUT2D eigenvalue weighted by molar-refractivity contribution is 5.59. The third-order valence-electron chi connectivity index (χ3n) is 5.39. The predicted molar refractivity (Wildman–Crippen MR) is 129 cm³/mol. The molecule has 1 N–H and O–H groups in total. The summed E-state index contributed by atoms with van der Waals surface area (Å²) in [4.78, 5) is 5.93. The first-order valence-electron chi connectivity index (χ1n) is 11.2. The van der Waals surface area contributed by atoms with E-state index in [-0.39, 0.29) is 13.1 Å². The van der Waals surface area contributed by atoms with Crippen molar-refractivity contribution in [2.45, 2.75) is 25.4 Å². The Morgan fingerprint density at radius 2 is 1.43 bits per heavy atom. The average Bonchev–Trinajstić information content (AvgIpc) is 2.85. The van der Waals surface area contributed by atoms with Gasteiger partial charge in [0.05, 0.1) is 5.69 Å². The van der Waals surface area contributed by atoms with Gasteiger partial charge < -0.3 is 9.84 Å². The van der Waals surface area contributed by atoms with Crippen molar-refractivity contribution < 1.29 is 23.0 Å². The van der Waals surface area contributed by atoms with Crippen LogP contribution in [0.2, 0.25) is 0 Å². The number of hydrogen-bond donors (Lipinski definition) is 1. The van der Waals surface area contributed by atoms with Crippen molar-refractivity contribution in [2.24, 2.45) is 0 Å². The largest absolute Gasteiger partial charge is 0.457 e. The number of pyridine rings is 1. The van der Waals surface area contributed by atoms with Gasteiger partial charge in [0.25, 0.3) is 0 Å². The maximum atomic E-state index is 13.2. The van der Waals surface area contributed by atoms with E-state index in [0.717, 1.165) is 22.4 Å². The lowest BCUT2D eigenvalue weighted by Gasteiger charge is -2.26. The van der Waals surface area contributed by atoms with Gasteiger partial charge in [-0.05, 0) is 53.6 Å². The molecule has 7 heteroatoms. The second-order valence-corrected chi connectivity index (χ2v) is 8.20. The fraction of sp³-hybridized carbons (Fsp3) is 0.179. The van der Waals surface area contributed by atoms with Crippen LogP contribution < -0.4 is 4.74 Å². The monoisotopic (exact) mass is 478 g/mol. The van der Waals surface area contributed by atoms with Gasteiger partial charge in [-0.25, -0.2) is 0 Å². The summed E-state index contributed by atoms with van der Waals surface area (Å²) in [5.74, 6) is 1.25. The molecule has 0 saturated carbocycles. The molecule has 180 valence electrons. The lowest BCUT2D eigenvalue weighted by atomic mass is 10.1. The first-order chi connectivity index (χ1) is 16.9. The Hall–Kier alpha value is -3.68. The van der Waals surface area contributed by atoms with Gasteiger partial charge in [-0.3, -0.25) is 9.88 Å². The Bertz CT molecular complexity index is 1220. The van der Waals surface area contributed by atoms with E-state index in [1.54, 1.807) is 29.3 Å². The van der Waals surface area contributed by atoms with E-state index in [9.17, 15) is 18.3 Å². The molecule has 1 aromatic heterocycles. The molecule has 4 nitrogen and oxygen atoms in total. The maximum absolute atomic E-state index is 13.2. The predicted octanol–water partition coefficient (Wildman–Crippen LogP) is 6.47. The summed E-state index contributed by atoms with van der Waals surface area (Å²) < 4.78 is 45.4. The Labute approximate surface area is 202 Å². The van der Waals surface area contributed by atoms with E-state index < -0.39 is 18.8 Å². The van der Waals surface area contributed by atoms with E-state index >= 15 is 0 Å². The van der Waals surface area contributed by atoms with E-state index in [0.29, 0.717) is 11.5 Å². The van der Waals surface area contributed by atoms with Crippen molar-refractivity contribution >= 4 is 0 Å². The van der Waals surface area contributed by atoms with Crippen LogP contribution in [-0.2, 0) is 13.1 Å². The van der Waals surface area contributed by atoms with Gasteiger partial charge in [-0.15, -0.1) is 0 Å². The molecule has 1 heterocycles. The van der Waals surface area contributed by atoms with Gasteiger partial charge in [0, 0.05) is 31.4 Å². The molecule has 0 saturated heterocycles. The minimum Gasteiger partial charge on any atom is -0.457 e. The first kappa shape index (κ1) is 24.4. The van der Waals surface area contributed by atoms with Gasteiger partial charge in [-0.1, -0.05) is 54.6 Å². The molecule has 0 amide bonds. The third kappa shape index (κ3) is 7.15. The maximum Gasteiger partial charge on any atom is 0.415 e. The number of benzene rings is 3. The van der Waals surface area contributed by atoms with Gasteiger partial charge >= 0.3 is 6.18 Å². The van der Waals surface area contributed by atoms with Crippen molar-refractivity contribution in [3.8, 4) is 22.8 Å². The summed E-state index contributed by atoms with van der Waals surface area (Å²) in [6, 6.07) is 29.6. The second-order valence-electron chi connectivity index (χ2n) is 8.20. The Morgan fingerprint density at radius 3 is 2.11 bits per heavy atom. The molecule has 1 unspecified atom stereocenters. The second kappa shape index (κ2) is 11.2. The van der Waals surface area contributed by atoms with Crippen LogP contribution >= 0.6 is 0 Å². The minimum atomic E-state index is -4.70. The van der Waals surface area contributed by atoms with Crippen LogP contribution in [0, 0.1) is 0 Å². The molecule has 0 aliphatic carbocycles. The van der Waals surface area contributed by atoms with E-state index in [2.05, 4.69) is 4.98 Å². The summed E-state index contributed by atoms with van der Waals surface area (Å²) >= 11 is 0. The van der Waals surface area contributed by atoms with Crippen molar-refractivity contribution in [1.29, 1.82) is 0 Å². The van der Waals surface area contributed by atoms with E-state index in [1.165, 1.54) is 0 Å². The smallest absolute Gasteiger partial charge is 0.415 e. The molecule has 0 fully saturated rings. The highest BCUT2D eigenvalue weighted by atomic mass is 19.4. The molecule has 0 aliphatic rings. The zero-order chi connectivity index (χ0) is 24.7. The summed E-state index contributed by atoms with van der Waals surface area (Å²) in [6.07, 6.45) is -5.46. The van der Waals surface area contributed by atoms with Gasteiger partial charge in [0.15, 0.2) is 6.10 Å². The standard InChI is InChI=1S/C28H25F3N2O2/c29-28(30,31)27(34)20-33(18-21-8-6-10-23(16-21)26-14-4-5-15-32-26)19-22-9-7-13-25(17-22)35-24-11-2-1-3-12-24/h1-17,27,34H,18-20H2. The molecule has 4 rings (SSSR count). The number of alkyl halides is 3. The summed E-state index contributed by atoms with van der Waals surface area (Å²) in [7, 11) is 0. The highest BCUT2D eigenvalue weighted by Crippen LogP contribution is 2.26. The molecule has 0 spiro atoms. The molecule has 1 atom stereocenters.